The van der Waals surface area contributed by atoms with Gasteiger partial charge in [0, 0.05) is 14.5 Å². The van der Waals surface area contributed by atoms with Crippen LogP contribution in [0.15, 0.2) is 45.3 Å². The van der Waals surface area contributed by atoms with Crippen molar-refractivity contribution in [2.75, 3.05) is 0 Å². The number of carbonyl (C=O) groups excluding carboxylic acids is 1. The molecule has 148 valence electrons. The van der Waals surface area contributed by atoms with Crippen molar-refractivity contribution in [1.29, 1.82) is 0 Å². The van der Waals surface area contributed by atoms with Gasteiger partial charge in [-0.15, -0.1) is 0 Å². The summed E-state index contributed by atoms with van der Waals surface area (Å²) in [6, 6.07) is 7.44. The van der Waals surface area contributed by atoms with E-state index in [2.05, 4.69) is 63.7 Å². The molecule has 0 spiro atoms. The molecule has 2 rings (SSSR count). The largest absolute Gasteiger partial charge is 0.417 e. The maximum atomic E-state index is 12.5. The minimum Gasteiger partial charge on any atom is -0.298 e. The van der Waals surface area contributed by atoms with Crippen molar-refractivity contribution in [3.8, 4) is 0 Å². The van der Waals surface area contributed by atoms with Gasteiger partial charge in [-0.1, -0.05) is 69.8 Å². The smallest absolute Gasteiger partial charge is 0.298 e. The molecular formula is C16H8Br4F6O. The van der Waals surface area contributed by atoms with Crippen LogP contribution >= 0.6 is 63.7 Å². The second-order valence-corrected chi connectivity index (χ2v) is 9.77. The Hall–Kier alpha value is -0.390. The molecule has 27 heavy (non-hydrogen) atoms. The Morgan fingerprint density at radius 2 is 1.22 bits per heavy atom. The Labute approximate surface area is 184 Å². The van der Waals surface area contributed by atoms with E-state index in [1.807, 2.05) is 0 Å². The average Bonchev–Trinajstić information content (AvgIpc) is 2.53. The van der Waals surface area contributed by atoms with Crippen molar-refractivity contribution < 1.29 is 31.1 Å². The number of aldehydes is 1. The highest BCUT2D eigenvalue weighted by Crippen LogP contribution is 2.41. The molecule has 0 aliphatic rings. The predicted octanol–water partition coefficient (Wildman–Crippen LogP) is 8.54. The van der Waals surface area contributed by atoms with Gasteiger partial charge in [-0.05, 0) is 35.9 Å². The Bertz CT molecular complexity index is 802. The van der Waals surface area contributed by atoms with Crippen LogP contribution in [0.25, 0.3) is 0 Å². The summed E-state index contributed by atoms with van der Waals surface area (Å²) in [5, 5.41) is 0. The fourth-order valence-electron chi connectivity index (χ4n) is 1.84. The van der Waals surface area contributed by atoms with Gasteiger partial charge >= 0.3 is 12.4 Å². The van der Waals surface area contributed by atoms with Gasteiger partial charge < -0.3 is 0 Å². The zero-order chi connectivity index (χ0) is 21.0. The van der Waals surface area contributed by atoms with Crippen LogP contribution in [0.1, 0.15) is 30.8 Å². The third-order valence-corrected chi connectivity index (χ3v) is 4.98. The van der Waals surface area contributed by atoms with Crippen molar-refractivity contribution in [3.63, 3.8) is 0 Å². The van der Waals surface area contributed by atoms with Crippen LogP contribution in [-0.4, -0.2) is 6.29 Å². The number of hydrogen-bond donors (Lipinski definition) is 0. The maximum Gasteiger partial charge on any atom is 0.417 e. The lowest BCUT2D eigenvalue weighted by molar-refractivity contribution is -0.138. The van der Waals surface area contributed by atoms with E-state index < -0.39 is 27.2 Å². The van der Waals surface area contributed by atoms with Crippen LogP contribution in [0.2, 0.25) is 0 Å². The molecule has 0 bridgehead atoms. The lowest BCUT2D eigenvalue weighted by atomic mass is 10.1. The molecule has 0 aromatic heterocycles. The quantitative estimate of drug-likeness (QED) is 0.181. The third kappa shape index (κ3) is 7.51. The van der Waals surface area contributed by atoms with E-state index in [1.165, 1.54) is 12.1 Å². The molecular weight excluding hydrogens is 642 g/mol. The summed E-state index contributed by atoms with van der Waals surface area (Å²) in [5.74, 6) is 0. The van der Waals surface area contributed by atoms with Crippen molar-refractivity contribution in [3.05, 3.63) is 67.6 Å². The molecule has 0 fully saturated rings. The molecule has 0 saturated carbocycles. The lowest BCUT2D eigenvalue weighted by Gasteiger charge is -2.13. The zero-order valence-corrected chi connectivity index (χ0v) is 19.2. The summed E-state index contributed by atoms with van der Waals surface area (Å²) in [5.41, 5.74) is -1.75. The van der Waals surface area contributed by atoms with E-state index in [0.29, 0.717) is 8.95 Å². The number of halogens is 10. The van der Waals surface area contributed by atoms with Crippen LogP contribution in [0.3, 0.4) is 0 Å². The second kappa shape index (κ2) is 9.89. The van der Waals surface area contributed by atoms with Crippen LogP contribution < -0.4 is 0 Å². The van der Waals surface area contributed by atoms with Gasteiger partial charge in [0.05, 0.1) is 14.9 Å². The molecule has 0 aliphatic carbocycles. The molecule has 11 heteroatoms. The monoisotopic (exact) mass is 646 g/mol. The summed E-state index contributed by atoms with van der Waals surface area (Å²) in [6.45, 7) is 0. The van der Waals surface area contributed by atoms with Crippen molar-refractivity contribution in [1.82, 2.24) is 0 Å². The fraction of sp³-hybridized carbons (Fsp3) is 0.188. The molecule has 2 aromatic rings. The highest BCUT2D eigenvalue weighted by molar-refractivity contribution is 9.24. The topological polar surface area (TPSA) is 17.1 Å². The van der Waals surface area contributed by atoms with E-state index in [0.717, 1.165) is 18.2 Å². The summed E-state index contributed by atoms with van der Waals surface area (Å²) in [7, 11) is 0. The summed E-state index contributed by atoms with van der Waals surface area (Å²) >= 11 is 12.0. The van der Waals surface area contributed by atoms with Gasteiger partial charge in [-0.25, -0.2) is 0 Å². The normalized spacial score (nSPS) is 11.8. The van der Waals surface area contributed by atoms with Crippen LogP contribution in [0.5, 0.6) is 0 Å². The first-order valence-electron chi connectivity index (χ1n) is 6.74. The highest BCUT2D eigenvalue weighted by atomic mass is 79.9. The molecule has 0 unspecified atom stereocenters. The van der Waals surface area contributed by atoms with E-state index in [-0.39, 0.29) is 17.4 Å². The Kier molecular flexibility index (Phi) is 9.02. The average molecular weight is 650 g/mol. The summed E-state index contributed by atoms with van der Waals surface area (Å²) in [4.78, 5) is 10.3. The van der Waals surface area contributed by atoms with Crippen LogP contribution in [-0.2, 0) is 12.4 Å². The third-order valence-electron chi connectivity index (χ3n) is 3.00. The van der Waals surface area contributed by atoms with E-state index in [9.17, 15) is 31.1 Å². The molecule has 0 aliphatic heterocycles. The Morgan fingerprint density at radius 1 is 0.778 bits per heavy atom. The molecule has 1 nitrogen and oxygen atoms in total. The van der Waals surface area contributed by atoms with Gasteiger partial charge in [-0.3, -0.25) is 4.79 Å². The van der Waals surface area contributed by atoms with E-state index >= 15 is 0 Å². The van der Waals surface area contributed by atoms with Gasteiger partial charge in [-0.2, -0.15) is 26.3 Å². The van der Waals surface area contributed by atoms with Crippen molar-refractivity contribution >= 4 is 70.0 Å². The standard InChI is InChI=1S/C8H4Br3F3.C8H4BrF3O/c9-4-1-2-5(7(10)11)6(3-4)8(12,13)14;9-6-2-1-5(4-13)7(3-6)8(10,11)12/h1-3,7H;1-4H. The highest BCUT2D eigenvalue weighted by Gasteiger charge is 2.35. The fourth-order valence-corrected chi connectivity index (χ4v) is 3.36. The number of rotatable bonds is 2. The Balaban J connectivity index is 0.000000271. The molecule has 0 saturated heterocycles. The molecule has 0 heterocycles. The SMILES string of the molecule is FC(F)(F)c1cc(Br)ccc1C(Br)Br.O=Cc1ccc(Br)cc1C(F)(F)F. The maximum absolute atomic E-state index is 12.5. The lowest BCUT2D eigenvalue weighted by Crippen LogP contribution is -2.08. The van der Waals surface area contributed by atoms with Crippen molar-refractivity contribution in [2.45, 2.75) is 16.1 Å². The first kappa shape index (κ1) is 24.6. The molecule has 0 amide bonds. The van der Waals surface area contributed by atoms with Gasteiger partial charge in [0.25, 0.3) is 0 Å². The molecule has 2 aromatic carbocycles. The predicted molar refractivity (Wildman–Crippen MR) is 104 cm³/mol. The minimum atomic E-state index is -4.49. The second-order valence-electron chi connectivity index (χ2n) is 4.88. The zero-order valence-electron chi connectivity index (χ0n) is 12.8. The molecule has 0 atom stereocenters. The van der Waals surface area contributed by atoms with E-state index in [4.69, 9.17) is 0 Å². The van der Waals surface area contributed by atoms with Gasteiger partial charge in [0.15, 0.2) is 6.29 Å². The van der Waals surface area contributed by atoms with Crippen molar-refractivity contribution in [2.24, 2.45) is 0 Å². The number of hydrogen-bond acceptors (Lipinski definition) is 1. The van der Waals surface area contributed by atoms with Gasteiger partial charge in [0.1, 0.15) is 0 Å². The molecule has 0 radical (unpaired) electrons. The van der Waals surface area contributed by atoms with E-state index in [1.54, 1.807) is 6.07 Å². The first-order chi connectivity index (χ1) is 12.3. The van der Waals surface area contributed by atoms with Gasteiger partial charge in [0.2, 0.25) is 0 Å². The summed E-state index contributed by atoms with van der Waals surface area (Å²) in [6.07, 6.45) is -8.63. The first-order valence-corrected chi connectivity index (χ1v) is 10.2. The Morgan fingerprint density at radius 3 is 1.63 bits per heavy atom. The number of benzene rings is 2. The van der Waals surface area contributed by atoms with Crippen LogP contribution in [0, 0.1) is 0 Å². The number of carbonyl (C=O) groups is 1. The number of alkyl halides is 8. The summed E-state index contributed by atoms with van der Waals surface area (Å²) < 4.78 is 74.5. The minimum absolute atomic E-state index is 0.167. The molecule has 0 N–H and O–H groups in total. The van der Waals surface area contributed by atoms with Crippen LogP contribution in [0.4, 0.5) is 26.3 Å².